The van der Waals surface area contributed by atoms with Crippen LogP contribution in [0.5, 0.6) is 0 Å². The normalized spacial score (nSPS) is 31.5. The van der Waals surface area contributed by atoms with Crippen molar-refractivity contribution >= 4 is 5.97 Å². The van der Waals surface area contributed by atoms with E-state index in [1.807, 2.05) is 6.92 Å². The predicted octanol–water partition coefficient (Wildman–Crippen LogP) is 4.17. The van der Waals surface area contributed by atoms with E-state index < -0.39 is 0 Å². The number of carbonyl (C=O) groups excluding carboxylic acids is 1. The number of esters is 1. The van der Waals surface area contributed by atoms with Crippen molar-refractivity contribution in [1.82, 2.24) is 0 Å². The number of hydrogen-bond donors (Lipinski definition) is 0. The monoisotopic (exact) mass is 314 g/mol. The van der Waals surface area contributed by atoms with Gasteiger partial charge < -0.3 is 14.2 Å². The molecule has 1 rings (SSSR count). The van der Waals surface area contributed by atoms with Gasteiger partial charge in [-0.15, -0.1) is 0 Å². The molecule has 4 nitrogen and oxygen atoms in total. The van der Waals surface area contributed by atoms with Crippen LogP contribution in [-0.2, 0) is 19.0 Å². The van der Waals surface area contributed by atoms with E-state index in [4.69, 9.17) is 14.2 Å². The first kappa shape index (κ1) is 19.4. The molecule has 1 aliphatic heterocycles. The lowest BCUT2D eigenvalue weighted by Gasteiger charge is -2.38. The fourth-order valence-electron chi connectivity index (χ4n) is 2.96. The van der Waals surface area contributed by atoms with Crippen LogP contribution in [0.3, 0.4) is 0 Å². The summed E-state index contributed by atoms with van der Waals surface area (Å²) in [4.78, 5) is 11.5. The Morgan fingerprint density at radius 3 is 2.50 bits per heavy atom. The minimum atomic E-state index is -0.101. The minimum absolute atomic E-state index is 0.0958. The van der Waals surface area contributed by atoms with Crippen molar-refractivity contribution in [3.8, 4) is 0 Å². The summed E-state index contributed by atoms with van der Waals surface area (Å²) in [6.45, 7) is 13.0. The molecule has 1 saturated heterocycles. The van der Waals surface area contributed by atoms with Gasteiger partial charge in [0.1, 0.15) is 0 Å². The van der Waals surface area contributed by atoms with E-state index in [0.717, 1.165) is 19.3 Å². The third-order valence-electron chi connectivity index (χ3n) is 4.61. The SMILES string of the molecule is CCOC(=O)CC(C)CC[C@@H](C)OC1O[C@@H](C)C(C)C[C@H]1C. The standard InChI is InChI=1S/C18H34O4/c1-7-20-17(19)10-12(2)8-9-15(5)21-18-14(4)11-13(3)16(6)22-18/h12-16,18H,7-11H2,1-6H3/t12?,13?,14-,15-,16+,18?/m1/s1. The molecule has 3 unspecified atom stereocenters. The molecule has 1 aliphatic rings. The van der Waals surface area contributed by atoms with Gasteiger partial charge in [-0.05, 0) is 51.9 Å². The summed E-state index contributed by atoms with van der Waals surface area (Å²) in [6, 6.07) is 0. The maximum Gasteiger partial charge on any atom is 0.306 e. The highest BCUT2D eigenvalue weighted by Crippen LogP contribution is 2.31. The van der Waals surface area contributed by atoms with Gasteiger partial charge in [0.2, 0.25) is 0 Å². The Morgan fingerprint density at radius 2 is 1.86 bits per heavy atom. The highest BCUT2D eigenvalue weighted by molar-refractivity contribution is 5.69. The van der Waals surface area contributed by atoms with Crippen molar-refractivity contribution in [2.45, 2.75) is 85.7 Å². The first-order valence-electron chi connectivity index (χ1n) is 8.80. The summed E-state index contributed by atoms with van der Waals surface area (Å²) in [5, 5.41) is 0. The molecule has 130 valence electrons. The molecule has 0 spiro atoms. The van der Waals surface area contributed by atoms with Crippen LogP contribution in [-0.4, -0.2) is 31.1 Å². The summed E-state index contributed by atoms with van der Waals surface area (Å²) in [7, 11) is 0. The summed E-state index contributed by atoms with van der Waals surface area (Å²) in [6.07, 6.45) is 3.86. The van der Waals surface area contributed by atoms with Crippen LogP contribution in [0.15, 0.2) is 0 Å². The average Bonchev–Trinajstić information content (AvgIpc) is 2.43. The van der Waals surface area contributed by atoms with Gasteiger partial charge in [-0.1, -0.05) is 20.8 Å². The summed E-state index contributed by atoms with van der Waals surface area (Å²) >= 11 is 0. The van der Waals surface area contributed by atoms with Crippen molar-refractivity contribution in [1.29, 1.82) is 0 Å². The van der Waals surface area contributed by atoms with Crippen LogP contribution >= 0.6 is 0 Å². The Bertz CT molecular complexity index is 331. The minimum Gasteiger partial charge on any atom is -0.466 e. The summed E-state index contributed by atoms with van der Waals surface area (Å²) in [5.74, 6) is 1.25. The van der Waals surface area contributed by atoms with Crippen molar-refractivity contribution in [2.75, 3.05) is 6.61 Å². The molecule has 0 aromatic carbocycles. The summed E-state index contributed by atoms with van der Waals surface area (Å²) < 4.78 is 17.1. The zero-order chi connectivity index (χ0) is 16.7. The van der Waals surface area contributed by atoms with E-state index >= 15 is 0 Å². The fraction of sp³-hybridized carbons (Fsp3) is 0.944. The third kappa shape index (κ3) is 6.66. The van der Waals surface area contributed by atoms with Gasteiger partial charge in [0.25, 0.3) is 0 Å². The second-order valence-corrected chi connectivity index (χ2v) is 7.04. The first-order chi connectivity index (χ1) is 10.3. The number of ether oxygens (including phenoxy) is 3. The van der Waals surface area contributed by atoms with Gasteiger partial charge in [-0.2, -0.15) is 0 Å². The van der Waals surface area contributed by atoms with Gasteiger partial charge in [-0.3, -0.25) is 4.79 Å². The molecule has 1 fully saturated rings. The molecule has 4 heteroatoms. The van der Waals surface area contributed by atoms with Crippen LogP contribution in [0.25, 0.3) is 0 Å². The molecule has 0 aliphatic carbocycles. The Kier molecular flexibility index (Phi) is 8.40. The van der Waals surface area contributed by atoms with E-state index in [1.165, 1.54) is 0 Å². The molecule has 22 heavy (non-hydrogen) atoms. The van der Waals surface area contributed by atoms with Crippen molar-refractivity contribution < 1.29 is 19.0 Å². The average molecular weight is 314 g/mol. The topological polar surface area (TPSA) is 44.8 Å². The maximum absolute atomic E-state index is 11.5. The van der Waals surface area contributed by atoms with E-state index in [2.05, 4.69) is 34.6 Å². The maximum atomic E-state index is 11.5. The molecule has 0 N–H and O–H groups in total. The van der Waals surface area contributed by atoms with Gasteiger partial charge in [0, 0.05) is 12.3 Å². The largest absolute Gasteiger partial charge is 0.466 e. The second kappa shape index (κ2) is 9.51. The van der Waals surface area contributed by atoms with Crippen LogP contribution < -0.4 is 0 Å². The number of rotatable bonds is 8. The summed E-state index contributed by atoms with van der Waals surface area (Å²) in [5.41, 5.74) is 0. The van der Waals surface area contributed by atoms with Crippen LogP contribution in [0.4, 0.5) is 0 Å². The Labute approximate surface area is 135 Å². The molecule has 0 saturated carbocycles. The zero-order valence-electron chi connectivity index (χ0n) is 15.1. The van der Waals surface area contributed by atoms with Crippen molar-refractivity contribution in [2.24, 2.45) is 17.8 Å². The number of carbonyl (C=O) groups is 1. The van der Waals surface area contributed by atoms with Gasteiger partial charge in [0.15, 0.2) is 6.29 Å². The molecular formula is C18H34O4. The smallest absolute Gasteiger partial charge is 0.306 e. The highest BCUT2D eigenvalue weighted by Gasteiger charge is 2.32. The Hall–Kier alpha value is -0.610. The molecule has 0 aromatic rings. The first-order valence-corrected chi connectivity index (χ1v) is 8.80. The van der Waals surface area contributed by atoms with E-state index in [9.17, 15) is 4.79 Å². The molecule has 0 radical (unpaired) electrons. The molecule has 0 amide bonds. The van der Waals surface area contributed by atoms with E-state index in [0.29, 0.717) is 30.8 Å². The molecular weight excluding hydrogens is 280 g/mol. The predicted molar refractivity (Wildman–Crippen MR) is 87.5 cm³/mol. The number of hydrogen-bond acceptors (Lipinski definition) is 4. The van der Waals surface area contributed by atoms with Crippen molar-refractivity contribution in [3.05, 3.63) is 0 Å². The molecule has 6 atom stereocenters. The third-order valence-corrected chi connectivity index (χ3v) is 4.61. The molecule has 0 aromatic heterocycles. The van der Waals surface area contributed by atoms with Crippen molar-refractivity contribution in [3.63, 3.8) is 0 Å². The highest BCUT2D eigenvalue weighted by atomic mass is 16.7. The Balaban J connectivity index is 2.28. The molecule has 0 bridgehead atoms. The fourth-order valence-corrected chi connectivity index (χ4v) is 2.96. The van der Waals surface area contributed by atoms with E-state index in [1.54, 1.807) is 0 Å². The van der Waals surface area contributed by atoms with Crippen LogP contribution in [0.1, 0.15) is 67.2 Å². The van der Waals surface area contributed by atoms with Gasteiger partial charge in [-0.25, -0.2) is 0 Å². The lowest BCUT2D eigenvalue weighted by molar-refractivity contribution is -0.244. The van der Waals surface area contributed by atoms with Gasteiger partial charge in [0.05, 0.1) is 18.8 Å². The van der Waals surface area contributed by atoms with Gasteiger partial charge >= 0.3 is 5.97 Å². The zero-order valence-corrected chi connectivity index (χ0v) is 15.1. The van der Waals surface area contributed by atoms with E-state index in [-0.39, 0.29) is 24.5 Å². The Morgan fingerprint density at radius 1 is 1.18 bits per heavy atom. The lowest BCUT2D eigenvalue weighted by atomic mass is 9.90. The van der Waals surface area contributed by atoms with Crippen LogP contribution in [0.2, 0.25) is 0 Å². The van der Waals surface area contributed by atoms with Crippen LogP contribution in [0, 0.1) is 17.8 Å². The second-order valence-electron chi connectivity index (χ2n) is 7.04. The lowest BCUT2D eigenvalue weighted by Crippen LogP contribution is -2.40. The molecule has 1 heterocycles. The quantitative estimate of drug-likeness (QED) is 0.631.